The van der Waals surface area contributed by atoms with E-state index in [-0.39, 0.29) is 11.6 Å². The number of fused-ring (bicyclic) bond motifs is 1. The fraction of sp³-hybridized carbons (Fsp3) is 0. The van der Waals surface area contributed by atoms with Crippen LogP contribution in [0.15, 0.2) is 48.7 Å². The van der Waals surface area contributed by atoms with Crippen molar-refractivity contribution in [1.29, 1.82) is 0 Å². The normalized spacial score (nSPS) is 10.9. The van der Waals surface area contributed by atoms with Gasteiger partial charge in [0.05, 0.1) is 16.7 Å². The van der Waals surface area contributed by atoms with Gasteiger partial charge in [0.2, 0.25) is 0 Å². The Morgan fingerprint density at radius 1 is 1.12 bits per heavy atom. The molecular formula is C16H11ClN6O. The Bertz CT molecular complexity index is 1010. The number of rotatable bonds is 3. The van der Waals surface area contributed by atoms with Gasteiger partial charge in [-0.15, -0.1) is 0 Å². The van der Waals surface area contributed by atoms with E-state index in [0.717, 1.165) is 16.6 Å². The lowest BCUT2D eigenvalue weighted by atomic mass is 10.2. The highest BCUT2D eigenvalue weighted by Crippen LogP contribution is 2.26. The second-order valence-corrected chi connectivity index (χ2v) is 5.52. The van der Waals surface area contributed by atoms with Crippen molar-refractivity contribution in [2.45, 2.75) is 0 Å². The molecule has 118 valence electrons. The van der Waals surface area contributed by atoms with Crippen molar-refractivity contribution in [3.63, 3.8) is 0 Å². The van der Waals surface area contributed by atoms with E-state index in [1.807, 2.05) is 24.3 Å². The monoisotopic (exact) mass is 338 g/mol. The number of aromatic nitrogens is 5. The van der Waals surface area contributed by atoms with Gasteiger partial charge in [-0.3, -0.25) is 4.79 Å². The average molecular weight is 339 g/mol. The van der Waals surface area contributed by atoms with Crippen molar-refractivity contribution in [3.8, 4) is 11.4 Å². The van der Waals surface area contributed by atoms with Gasteiger partial charge >= 0.3 is 0 Å². The molecule has 0 saturated heterocycles. The molecule has 0 spiro atoms. The summed E-state index contributed by atoms with van der Waals surface area (Å²) in [5, 5.41) is 13.1. The molecule has 1 amide bonds. The van der Waals surface area contributed by atoms with Gasteiger partial charge in [0, 0.05) is 11.3 Å². The predicted molar refractivity (Wildman–Crippen MR) is 90.9 cm³/mol. The van der Waals surface area contributed by atoms with Crippen LogP contribution in [0.25, 0.3) is 22.4 Å². The molecule has 0 aliphatic heterocycles. The zero-order valence-corrected chi connectivity index (χ0v) is 13.0. The Kier molecular flexibility index (Phi) is 3.47. The second kappa shape index (κ2) is 5.78. The average Bonchev–Trinajstić information content (AvgIpc) is 3.26. The highest BCUT2D eigenvalue weighted by Gasteiger charge is 2.10. The number of H-pyrrole nitrogens is 2. The number of hydrogen-bond acceptors (Lipinski definition) is 4. The Balaban J connectivity index is 1.58. The number of halogens is 1. The van der Waals surface area contributed by atoms with E-state index in [4.69, 9.17) is 11.6 Å². The Morgan fingerprint density at radius 2 is 1.96 bits per heavy atom. The van der Waals surface area contributed by atoms with Gasteiger partial charge in [-0.2, -0.15) is 15.4 Å². The quantitative estimate of drug-likeness (QED) is 0.534. The molecule has 7 nitrogen and oxygen atoms in total. The first-order valence-corrected chi connectivity index (χ1v) is 7.50. The van der Waals surface area contributed by atoms with Crippen LogP contribution in [-0.2, 0) is 0 Å². The summed E-state index contributed by atoms with van der Waals surface area (Å²) in [6.07, 6.45) is 1.36. The van der Waals surface area contributed by atoms with Crippen LogP contribution >= 0.6 is 11.6 Å². The number of carbonyl (C=O) groups is 1. The first-order valence-electron chi connectivity index (χ1n) is 7.12. The van der Waals surface area contributed by atoms with Crippen molar-refractivity contribution in [1.82, 2.24) is 25.4 Å². The number of hydrogen-bond donors (Lipinski definition) is 3. The molecule has 0 saturated carbocycles. The summed E-state index contributed by atoms with van der Waals surface area (Å²) >= 11 is 6.15. The Labute approximate surface area is 141 Å². The Hall–Kier alpha value is -3.19. The van der Waals surface area contributed by atoms with E-state index in [2.05, 4.69) is 30.7 Å². The van der Waals surface area contributed by atoms with Crippen LogP contribution in [0.2, 0.25) is 5.02 Å². The van der Waals surface area contributed by atoms with E-state index in [1.165, 1.54) is 6.20 Å². The van der Waals surface area contributed by atoms with E-state index in [1.54, 1.807) is 18.2 Å². The molecule has 0 atom stereocenters. The van der Waals surface area contributed by atoms with Crippen molar-refractivity contribution < 1.29 is 4.79 Å². The number of imidazole rings is 1. The summed E-state index contributed by atoms with van der Waals surface area (Å²) in [7, 11) is 0. The third kappa shape index (κ3) is 2.61. The molecule has 0 aliphatic carbocycles. The SMILES string of the molecule is O=C(Nc1ccc(-c2nc3c(Cl)cccc3[nH]2)cc1)c1cn[nH]n1. The lowest BCUT2D eigenvalue weighted by molar-refractivity contribution is 0.102. The largest absolute Gasteiger partial charge is 0.338 e. The molecule has 2 aromatic heterocycles. The number of carbonyl (C=O) groups excluding carboxylic acids is 1. The fourth-order valence-corrected chi connectivity index (χ4v) is 2.57. The first kappa shape index (κ1) is 14.4. The lowest BCUT2D eigenvalue weighted by Gasteiger charge is -2.03. The van der Waals surface area contributed by atoms with Gasteiger partial charge in [0.1, 0.15) is 11.3 Å². The summed E-state index contributed by atoms with van der Waals surface area (Å²) in [5.74, 6) is 0.388. The first-order chi connectivity index (χ1) is 11.7. The smallest absolute Gasteiger partial charge is 0.277 e. The third-order valence-corrected chi connectivity index (χ3v) is 3.83. The summed E-state index contributed by atoms with van der Waals surface area (Å²) in [4.78, 5) is 19.7. The van der Waals surface area contributed by atoms with E-state index < -0.39 is 0 Å². The van der Waals surface area contributed by atoms with Crippen molar-refractivity contribution in [3.05, 3.63) is 59.4 Å². The van der Waals surface area contributed by atoms with Crippen LogP contribution in [0.5, 0.6) is 0 Å². The molecule has 2 heterocycles. The summed E-state index contributed by atoms with van der Waals surface area (Å²) in [6, 6.07) is 12.9. The number of aromatic amines is 2. The highest BCUT2D eigenvalue weighted by molar-refractivity contribution is 6.35. The zero-order valence-electron chi connectivity index (χ0n) is 12.2. The maximum absolute atomic E-state index is 11.9. The fourth-order valence-electron chi connectivity index (χ4n) is 2.35. The number of benzene rings is 2. The molecule has 0 fully saturated rings. The van der Waals surface area contributed by atoms with Crippen LogP contribution in [0.4, 0.5) is 5.69 Å². The maximum atomic E-state index is 11.9. The molecule has 3 N–H and O–H groups in total. The van der Waals surface area contributed by atoms with Crippen LogP contribution in [0.3, 0.4) is 0 Å². The predicted octanol–water partition coefficient (Wildman–Crippen LogP) is 3.25. The van der Waals surface area contributed by atoms with Gasteiger partial charge in [-0.25, -0.2) is 4.98 Å². The minimum absolute atomic E-state index is 0.228. The molecule has 0 unspecified atom stereocenters. The molecule has 0 bridgehead atoms. The third-order valence-electron chi connectivity index (χ3n) is 3.53. The van der Waals surface area contributed by atoms with Crippen molar-refractivity contribution in [2.24, 2.45) is 0 Å². The molecular weight excluding hydrogens is 328 g/mol. The van der Waals surface area contributed by atoms with Crippen molar-refractivity contribution >= 4 is 34.2 Å². The van der Waals surface area contributed by atoms with E-state index in [0.29, 0.717) is 16.5 Å². The number of nitrogens with one attached hydrogen (secondary N) is 3. The zero-order chi connectivity index (χ0) is 16.5. The summed E-state index contributed by atoms with van der Waals surface area (Å²) < 4.78 is 0. The van der Waals surface area contributed by atoms with E-state index in [9.17, 15) is 4.79 Å². The molecule has 4 rings (SSSR count). The molecule has 24 heavy (non-hydrogen) atoms. The van der Waals surface area contributed by atoms with Gasteiger partial charge in [-0.1, -0.05) is 17.7 Å². The van der Waals surface area contributed by atoms with Crippen LogP contribution in [0, 0.1) is 0 Å². The van der Waals surface area contributed by atoms with Crippen molar-refractivity contribution in [2.75, 3.05) is 5.32 Å². The Morgan fingerprint density at radius 3 is 2.67 bits per heavy atom. The lowest BCUT2D eigenvalue weighted by Crippen LogP contribution is -2.12. The number of nitrogens with zero attached hydrogens (tertiary/aromatic N) is 3. The summed E-state index contributed by atoms with van der Waals surface area (Å²) in [5.41, 5.74) is 3.38. The topological polar surface area (TPSA) is 99.4 Å². The van der Waals surface area contributed by atoms with Crippen LogP contribution in [0.1, 0.15) is 10.5 Å². The number of amides is 1. The molecule has 0 aliphatic rings. The second-order valence-electron chi connectivity index (χ2n) is 5.11. The molecule has 8 heteroatoms. The highest BCUT2D eigenvalue weighted by atomic mass is 35.5. The standard InChI is InChI=1S/C16H11ClN6O/c17-11-2-1-3-12-14(11)21-15(20-12)9-4-6-10(7-5-9)19-16(24)13-8-18-23-22-13/h1-8H,(H,19,24)(H,20,21)(H,18,22,23). The molecule has 4 aromatic rings. The molecule has 0 radical (unpaired) electrons. The van der Waals surface area contributed by atoms with Crippen LogP contribution in [-0.4, -0.2) is 31.3 Å². The summed E-state index contributed by atoms with van der Waals surface area (Å²) in [6.45, 7) is 0. The van der Waals surface area contributed by atoms with Gasteiger partial charge < -0.3 is 10.3 Å². The van der Waals surface area contributed by atoms with Gasteiger partial charge in [-0.05, 0) is 36.4 Å². The van der Waals surface area contributed by atoms with E-state index >= 15 is 0 Å². The van der Waals surface area contributed by atoms with Gasteiger partial charge in [0.25, 0.3) is 5.91 Å². The molecule has 2 aromatic carbocycles. The minimum Gasteiger partial charge on any atom is -0.338 e. The number of para-hydroxylation sites is 1. The number of anilines is 1. The van der Waals surface area contributed by atoms with Gasteiger partial charge in [0.15, 0.2) is 5.69 Å². The maximum Gasteiger partial charge on any atom is 0.277 e. The van der Waals surface area contributed by atoms with Crippen LogP contribution < -0.4 is 5.32 Å². The minimum atomic E-state index is -0.327.